The number of nitriles is 1. The first-order chi connectivity index (χ1) is 9.32. The lowest BCUT2D eigenvalue weighted by atomic mass is 9.85. The fraction of sp³-hybridized carbons (Fsp3) is 0.312. The quantitative estimate of drug-likeness (QED) is 0.860. The van der Waals surface area contributed by atoms with Crippen molar-refractivity contribution in [1.82, 2.24) is 9.97 Å². The van der Waals surface area contributed by atoms with Crippen LogP contribution >= 0.6 is 0 Å². The van der Waals surface area contributed by atoms with E-state index in [1.165, 1.54) is 11.8 Å². The second-order valence-corrected chi connectivity index (χ2v) is 5.88. The summed E-state index contributed by atoms with van der Waals surface area (Å²) in [4.78, 5) is 8.43. The van der Waals surface area contributed by atoms with Gasteiger partial charge in [-0.05, 0) is 23.5 Å². The Morgan fingerprint density at radius 2 is 1.95 bits per heavy atom. The second kappa shape index (κ2) is 4.93. The Labute approximate surface area is 119 Å². The van der Waals surface area contributed by atoms with Crippen molar-refractivity contribution in [2.24, 2.45) is 0 Å². The molecule has 0 fully saturated rings. The van der Waals surface area contributed by atoms with E-state index >= 15 is 0 Å². The molecule has 0 unspecified atom stereocenters. The van der Waals surface area contributed by atoms with Gasteiger partial charge in [-0.3, -0.25) is 0 Å². The molecule has 2 aromatic rings. The summed E-state index contributed by atoms with van der Waals surface area (Å²) < 4.78 is 0. The van der Waals surface area contributed by atoms with E-state index in [0.29, 0.717) is 11.4 Å². The van der Waals surface area contributed by atoms with Gasteiger partial charge in [0, 0.05) is 5.56 Å². The van der Waals surface area contributed by atoms with Crippen LogP contribution in [0.25, 0.3) is 11.4 Å². The molecule has 0 saturated carbocycles. The van der Waals surface area contributed by atoms with Crippen molar-refractivity contribution in [2.45, 2.75) is 33.1 Å². The summed E-state index contributed by atoms with van der Waals surface area (Å²) in [6.07, 6.45) is 1.47. The van der Waals surface area contributed by atoms with Crippen molar-refractivity contribution < 1.29 is 0 Å². The van der Waals surface area contributed by atoms with Crippen molar-refractivity contribution in [3.8, 4) is 17.5 Å². The highest BCUT2D eigenvalue weighted by molar-refractivity contribution is 5.63. The first kappa shape index (κ1) is 14.0. The van der Waals surface area contributed by atoms with Gasteiger partial charge in [-0.2, -0.15) is 5.26 Å². The molecule has 4 heteroatoms. The third-order valence-corrected chi connectivity index (χ3v) is 3.27. The molecule has 0 spiro atoms. The summed E-state index contributed by atoms with van der Waals surface area (Å²) >= 11 is 0. The van der Waals surface area contributed by atoms with E-state index in [4.69, 9.17) is 11.0 Å². The van der Waals surface area contributed by atoms with Crippen molar-refractivity contribution in [3.63, 3.8) is 0 Å². The predicted molar refractivity (Wildman–Crippen MR) is 80.0 cm³/mol. The van der Waals surface area contributed by atoms with Gasteiger partial charge in [-0.1, -0.05) is 39.0 Å². The zero-order valence-electron chi connectivity index (χ0n) is 12.2. The van der Waals surface area contributed by atoms with Gasteiger partial charge in [0.15, 0.2) is 5.82 Å². The molecule has 1 aromatic heterocycles. The number of anilines is 1. The molecule has 1 heterocycles. The maximum atomic E-state index is 8.85. The van der Waals surface area contributed by atoms with Gasteiger partial charge in [0.1, 0.15) is 17.5 Å². The number of nitrogen functional groups attached to an aromatic ring is 1. The monoisotopic (exact) mass is 266 g/mol. The number of nitrogens with zero attached hydrogens (tertiary/aromatic N) is 3. The third kappa shape index (κ3) is 2.62. The molecule has 1 aromatic carbocycles. The van der Waals surface area contributed by atoms with Crippen LogP contribution in [0.1, 0.15) is 37.5 Å². The van der Waals surface area contributed by atoms with Crippen LogP contribution in [0, 0.1) is 18.3 Å². The van der Waals surface area contributed by atoms with Gasteiger partial charge < -0.3 is 5.73 Å². The van der Waals surface area contributed by atoms with Gasteiger partial charge in [0.2, 0.25) is 0 Å². The van der Waals surface area contributed by atoms with Crippen LogP contribution in [0.3, 0.4) is 0 Å². The van der Waals surface area contributed by atoms with E-state index in [0.717, 1.165) is 11.1 Å². The standard InChI is InChI=1S/C16H18N4/c1-10-7-12(16(2,3)4)5-6-13(10)15-19-9-11(8-17)14(18)20-15/h5-7,9H,1-4H3,(H2,18,19,20). The lowest BCUT2D eigenvalue weighted by Crippen LogP contribution is -2.11. The molecule has 2 rings (SSSR count). The van der Waals surface area contributed by atoms with E-state index in [-0.39, 0.29) is 11.2 Å². The van der Waals surface area contributed by atoms with Crippen molar-refractivity contribution in [1.29, 1.82) is 5.26 Å². The molecule has 0 atom stereocenters. The van der Waals surface area contributed by atoms with Gasteiger partial charge in [0.05, 0.1) is 6.20 Å². The van der Waals surface area contributed by atoms with E-state index in [2.05, 4.69) is 42.9 Å². The number of hydrogen-bond donors (Lipinski definition) is 1. The Bertz CT molecular complexity index is 691. The lowest BCUT2D eigenvalue weighted by Gasteiger charge is -2.20. The molecule has 20 heavy (non-hydrogen) atoms. The molecule has 102 valence electrons. The number of benzene rings is 1. The molecule has 0 aliphatic carbocycles. The highest BCUT2D eigenvalue weighted by Gasteiger charge is 2.16. The molecule has 0 aliphatic heterocycles. The second-order valence-electron chi connectivity index (χ2n) is 5.88. The number of hydrogen-bond acceptors (Lipinski definition) is 4. The summed E-state index contributed by atoms with van der Waals surface area (Å²) in [5.74, 6) is 0.774. The summed E-state index contributed by atoms with van der Waals surface area (Å²) in [5.41, 5.74) is 9.46. The van der Waals surface area contributed by atoms with Crippen LogP contribution in [0.5, 0.6) is 0 Å². The molecule has 4 nitrogen and oxygen atoms in total. The van der Waals surface area contributed by atoms with Crippen LogP contribution < -0.4 is 5.73 Å². The SMILES string of the molecule is Cc1cc(C(C)(C)C)ccc1-c1ncc(C#N)c(N)n1. The fourth-order valence-electron chi connectivity index (χ4n) is 1.99. The minimum atomic E-state index is 0.105. The molecule has 2 N–H and O–H groups in total. The van der Waals surface area contributed by atoms with Gasteiger partial charge >= 0.3 is 0 Å². The van der Waals surface area contributed by atoms with E-state index in [1.54, 1.807) is 0 Å². The zero-order valence-corrected chi connectivity index (χ0v) is 12.2. The van der Waals surface area contributed by atoms with Crippen LogP contribution in [-0.4, -0.2) is 9.97 Å². The third-order valence-electron chi connectivity index (χ3n) is 3.27. The number of nitrogens with two attached hydrogens (primary N) is 1. The lowest BCUT2D eigenvalue weighted by molar-refractivity contribution is 0.590. The molecule has 0 saturated heterocycles. The summed E-state index contributed by atoms with van der Waals surface area (Å²) in [5, 5.41) is 8.85. The van der Waals surface area contributed by atoms with Crippen LogP contribution in [-0.2, 0) is 5.41 Å². The highest BCUT2D eigenvalue weighted by atomic mass is 14.9. The first-order valence-corrected chi connectivity index (χ1v) is 6.47. The van der Waals surface area contributed by atoms with Crippen molar-refractivity contribution in [2.75, 3.05) is 5.73 Å². The zero-order chi connectivity index (χ0) is 14.9. The predicted octanol–water partition coefficient (Wildman–Crippen LogP) is 3.20. The topological polar surface area (TPSA) is 75.6 Å². The molecule has 0 radical (unpaired) electrons. The average molecular weight is 266 g/mol. The minimum absolute atomic E-state index is 0.105. The summed E-state index contributed by atoms with van der Waals surface area (Å²) in [7, 11) is 0. The largest absolute Gasteiger partial charge is 0.382 e. The smallest absolute Gasteiger partial charge is 0.161 e. The Morgan fingerprint density at radius 3 is 2.45 bits per heavy atom. The number of aryl methyl sites for hydroxylation is 1. The average Bonchev–Trinajstić information content (AvgIpc) is 2.37. The summed E-state index contributed by atoms with van der Waals surface area (Å²) in [6, 6.07) is 8.21. The van der Waals surface area contributed by atoms with Gasteiger partial charge in [0.25, 0.3) is 0 Å². The highest BCUT2D eigenvalue weighted by Crippen LogP contribution is 2.28. The fourth-order valence-corrected chi connectivity index (χ4v) is 1.99. The molecule has 0 aliphatic rings. The number of aromatic nitrogens is 2. The maximum Gasteiger partial charge on any atom is 0.161 e. The van der Waals surface area contributed by atoms with E-state index < -0.39 is 0 Å². The first-order valence-electron chi connectivity index (χ1n) is 6.47. The minimum Gasteiger partial charge on any atom is -0.382 e. The maximum absolute atomic E-state index is 8.85. The van der Waals surface area contributed by atoms with Crippen molar-refractivity contribution in [3.05, 3.63) is 41.1 Å². The van der Waals surface area contributed by atoms with Crippen LogP contribution in [0.15, 0.2) is 24.4 Å². The van der Waals surface area contributed by atoms with Gasteiger partial charge in [-0.25, -0.2) is 9.97 Å². The molecule has 0 bridgehead atoms. The molecular formula is C16H18N4. The Balaban J connectivity index is 2.49. The number of rotatable bonds is 1. The van der Waals surface area contributed by atoms with Gasteiger partial charge in [-0.15, -0.1) is 0 Å². The molecular weight excluding hydrogens is 248 g/mol. The van der Waals surface area contributed by atoms with E-state index in [9.17, 15) is 0 Å². The van der Waals surface area contributed by atoms with E-state index in [1.807, 2.05) is 19.1 Å². The Morgan fingerprint density at radius 1 is 1.25 bits per heavy atom. The Kier molecular flexibility index (Phi) is 3.46. The summed E-state index contributed by atoms with van der Waals surface area (Å²) in [6.45, 7) is 8.56. The molecule has 0 amide bonds. The van der Waals surface area contributed by atoms with Crippen molar-refractivity contribution >= 4 is 5.82 Å². The Hall–Kier alpha value is -2.41. The normalized spacial score (nSPS) is 11.2. The van der Waals surface area contributed by atoms with Crippen LogP contribution in [0.2, 0.25) is 0 Å². The van der Waals surface area contributed by atoms with Crippen LogP contribution in [0.4, 0.5) is 5.82 Å².